The fraction of sp³-hybridized carbons (Fsp3) is 0.481. The van der Waals surface area contributed by atoms with Gasteiger partial charge in [0.15, 0.2) is 0 Å². The first kappa shape index (κ1) is 22.6. The number of likely N-dealkylation sites (tertiary alicyclic amines) is 2. The van der Waals surface area contributed by atoms with Crippen molar-refractivity contribution >= 4 is 17.7 Å². The van der Waals surface area contributed by atoms with E-state index < -0.39 is 5.41 Å². The zero-order valence-electron chi connectivity index (χ0n) is 19.4. The van der Waals surface area contributed by atoms with Crippen molar-refractivity contribution in [2.24, 2.45) is 5.92 Å². The number of rotatable bonds is 8. The maximum atomic E-state index is 13.8. The highest BCUT2D eigenvalue weighted by Crippen LogP contribution is 2.42. The third-order valence-corrected chi connectivity index (χ3v) is 7.59. The molecule has 2 bridgehead atoms. The van der Waals surface area contributed by atoms with Crippen LogP contribution in [0.5, 0.6) is 5.75 Å². The topological polar surface area (TPSA) is 79.8 Å². The molecule has 7 nitrogen and oxygen atoms in total. The average Bonchev–Trinajstić information content (AvgIpc) is 3.29. The number of pyridine rings is 1. The number of amides is 3. The van der Waals surface area contributed by atoms with Gasteiger partial charge in [-0.1, -0.05) is 36.8 Å². The van der Waals surface area contributed by atoms with E-state index in [0.29, 0.717) is 24.7 Å². The standard InChI is InChI=1S/C27H31N3O4/c31-24-16-27(21-8-2-1-3-9-21,17-25(32)30-19-20-7-4-10-22(30)15-20)26(33)29(24)13-6-14-34-23-11-5-12-28-18-23/h1-3,5,8-9,11-12,18,20,22H,4,6-7,10,13-17,19H2/t20-,22-,27+/m0/s1. The van der Waals surface area contributed by atoms with E-state index in [1.807, 2.05) is 41.3 Å². The first-order chi connectivity index (χ1) is 16.6. The van der Waals surface area contributed by atoms with Gasteiger partial charge in [0.1, 0.15) is 5.75 Å². The Morgan fingerprint density at radius 3 is 2.74 bits per heavy atom. The predicted molar refractivity (Wildman–Crippen MR) is 126 cm³/mol. The first-order valence-corrected chi connectivity index (χ1v) is 12.3. The second kappa shape index (κ2) is 9.57. The molecule has 34 heavy (non-hydrogen) atoms. The summed E-state index contributed by atoms with van der Waals surface area (Å²) in [7, 11) is 0. The predicted octanol–water partition coefficient (Wildman–Crippen LogP) is 3.34. The minimum atomic E-state index is -1.13. The molecule has 1 saturated carbocycles. The van der Waals surface area contributed by atoms with Crippen LogP contribution in [0.15, 0.2) is 54.9 Å². The van der Waals surface area contributed by atoms with Crippen LogP contribution in [-0.4, -0.2) is 58.2 Å². The van der Waals surface area contributed by atoms with Crippen LogP contribution in [0.2, 0.25) is 0 Å². The van der Waals surface area contributed by atoms with Crippen molar-refractivity contribution in [1.82, 2.24) is 14.8 Å². The van der Waals surface area contributed by atoms with Gasteiger partial charge in [0, 0.05) is 38.2 Å². The molecule has 3 fully saturated rings. The summed E-state index contributed by atoms with van der Waals surface area (Å²) in [4.78, 5) is 47.7. The number of carbonyl (C=O) groups is 3. The average molecular weight is 462 g/mol. The van der Waals surface area contributed by atoms with Crippen LogP contribution in [0.25, 0.3) is 0 Å². The lowest BCUT2D eigenvalue weighted by atomic mass is 9.75. The molecule has 0 N–H and O–H groups in total. The van der Waals surface area contributed by atoms with E-state index in [9.17, 15) is 14.4 Å². The Balaban J connectivity index is 1.31. The van der Waals surface area contributed by atoms with E-state index in [-0.39, 0.29) is 43.1 Å². The Kier molecular flexibility index (Phi) is 6.35. The highest BCUT2D eigenvalue weighted by atomic mass is 16.5. The summed E-state index contributed by atoms with van der Waals surface area (Å²) in [6, 6.07) is 13.3. The SMILES string of the molecule is O=C1C[C@@](CC(=O)N2C[C@H]3CCC[C@H]2C3)(c2ccccc2)C(=O)N1CCCOc1cccnc1. The number of aromatic nitrogens is 1. The number of fused-ring (bicyclic) bond motifs is 2. The zero-order valence-corrected chi connectivity index (χ0v) is 19.4. The van der Waals surface area contributed by atoms with Gasteiger partial charge in [-0.2, -0.15) is 0 Å². The van der Waals surface area contributed by atoms with Crippen LogP contribution >= 0.6 is 0 Å². The van der Waals surface area contributed by atoms with Gasteiger partial charge in [0.2, 0.25) is 17.7 Å². The zero-order chi connectivity index (χ0) is 23.5. The van der Waals surface area contributed by atoms with Crippen molar-refractivity contribution in [3.05, 3.63) is 60.4 Å². The number of hydrogen-bond acceptors (Lipinski definition) is 5. The molecule has 1 aromatic carbocycles. The molecule has 1 aliphatic carbocycles. The van der Waals surface area contributed by atoms with E-state index in [4.69, 9.17) is 4.74 Å². The summed E-state index contributed by atoms with van der Waals surface area (Å²) in [6.45, 7) is 1.43. The second-order valence-corrected chi connectivity index (χ2v) is 9.78. The number of ether oxygens (including phenoxy) is 1. The summed E-state index contributed by atoms with van der Waals surface area (Å²) < 4.78 is 5.67. The molecule has 3 aliphatic rings. The lowest BCUT2D eigenvalue weighted by Crippen LogP contribution is -2.44. The lowest BCUT2D eigenvalue weighted by Gasteiger charge is -2.31. The van der Waals surface area contributed by atoms with Gasteiger partial charge in [0.05, 0.1) is 18.2 Å². The normalized spacial score (nSPS) is 26.2. The summed E-state index contributed by atoms with van der Waals surface area (Å²) >= 11 is 0. The second-order valence-electron chi connectivity index (χ2n) is 9.78. The summed E-state index contributed by atoms with van der Waals surface area (Å²) in [5.74, 6) is 0.749. The molecular weight excluding hydrogens is 430 g/mol. The van der Waals surface area contributed by atoms with Crippen LogP contribution in [0.1, 0.15) is 50.5 Å². The van der Waals surface area contributed by atoms with Crippen LogP contribution in [0.3, 0.4) is 0 Å². The molecule has 7 heteroatoms. The van der Waals surface area contributed by atoms with Crippen molar-refractivity contribution in [2.45, 2.75) is 56.4 Å². The molecular formula is C27H31N3O4. The third kappa shape index (κ3) is 4.31. The molecule has 178 valence electrons. The summed E-state index contributed by atoms with van der Waals surface area (Å²) in [5, 5.41) is 0. The fourth-order valence-electron chi connectivity index (χ4n) is 5.90. The van der Waals surface area contributed by atoms with Crippen molar-refractivity contribution in [3.8, 4) is 5.75 Å². The highest BCUT2D eigenvalue weighted by molar-refractivity contribution is 6.10. The first-order valence-electron chi connectivity index (χ1n) is 12.3. The number of imide groups is 1. The van der Waals surface area contributed by atoms with Gasteiger partial charge in [-0.3, -0.25) is 24.3 Å². The smallest absolute Gasteiger partial charge is 0.240 e. The molecule has 2 aliphatic heterocycles. The molecule has 3 amide bonds. The van der Waals surface area contributed by atoms with Crippen LogP contribution in [-0.2, 0) is 19.8 Å². The number of hydrogen-bond donors (Lipinski definition) is 0. The van der Waals surface area contributed by atoms with Crippen LogP contribution < -0.4 is 4.74 Å². The van der Waals surface area contributed by atoms with E-state index in [0.717, 1.165) is 31.4 Å². The fourth-order valence-corrected chi connectivity index (χ4v) is 5.90. The Bertz CT molecular complexity index is 1040. The summed E-state index contributed by atoms with van der Waals surface area (Å²) in [5.41, 5.74) is -0.381. The molecule has 0 radical (unpaired) electrons. The van der Waals surface area contributed by atoms with Crippen molar-refractivity contribution < 1.29 is 19.1 Å². The molecule has 5 rings (SSSR count). The van der Waals surface area contributed by atoms with Crippen molar-refractivity contribution in [2.75, 3.05) is 19.7 Å². The van der Waals surface area contributed by atoms with E-state index in [1.54, 1.807) is 18.5 Å². The Morgan fingerprint density at radius 1 is 1.12 bits per heavy atom. The van der Waals surface area contributed by atoms with Crippen molar-refractivity contribution in [1.29, 1.82) is 0 Å². The Hall–Kier alpha value is -3.22. The number of nitrogens with zero attached hydrogens (tertiary/aromatic N) is 3. The van der Waals surface area contributed by atoms with Gasteiger partial charge in [0.25, 0.3) is 0 Å². The van der Waals surface area contributed by atoms with Gasteiger partial charge >= 0.3 is 0 Å². The number of carbonyl (C=O) groups excluding carboxylic acids is 3. The van der Waals surface area contributed by atoms with Crippen LogP contribution in [0, 0.1) is 5.92 Å². The molecule has 0 spiro atoms. The maximum Gasteiger partial charge on any atom is 0.240 e. The van der Waals surface area contributed by atoms with Gasteiger partial charge in [-0.15, -0.1) is 0 Å². The molecule has 2 aromatic rings. The monoisotopic (exact) mass is 461 g/mol. The molecule has 1 aromatic heterocycles. The van der Waals surface area contributed by atoms with Crippen molar-refractivity contribution in [3.63, 3.8) is 0 Å². The van der Waals surface area contributed by atoms with Crippen LogP contribution in [0.4, 0.5) is 0 Å². The Labute approximate surface area is 200 Å². The van der Waals surface area contributed by atoms with E-state index in [2.05, 4.69) is 4.98 Å². The minimum absolute atomic E-state index is 0.00108. The molecule has 2 saturated heterocycles. The van der Waals surface area contributed by atoms with Gasteiger partial charge < -0.3 is 9.64 Å². The molecule has 0 unspecified atom stereocenters. The summed E-state index contributed by atoms with van der Waals surface area (Å²) in [6.07, 6.45) is 8.35. The third-order valence-electron chi connectivity index (χ3n) is 7.59. The largest absolute Gasteiger partial charge is 0.492 e. The number of benzene rings is 1. The van der Waals surface area contributed by atoms with E-state index in [1.165, 1.54) is 11.3 Å². The van der Waals surface area contributed by atoms with Gasteiger partial charge in [-0.25, -0.2) is 0 Å². The maximum absolute atomic E-state index is 13.8. The Morgan fingerprint density at radius 2 is 1.97 bits per heavy atom. The molecule has 3 heterocycles. The van der Waals surface area contributed by atoms with Gasteiger partial charge in [-0.05, 0) is 49.3 Å². The molecule has 3 atom stereocenters. The lowest BCUT2D eigenvalue weighted by molar-refractivity contribution is -0.143. The highest BCUT2D eigenvalue weighted by Gasteiger charge is 2.54. The quantitative estimate of drug-likeness (QED) is 0.445. The van der Waals surface area contributed by atoms with E-state index >= 15 is 0 Å². The minimum Gasteiger partial charge on any atom is -0.492 e.